The van der Waals surface area contributed by atoms with Crippen LogP contribution in [-0.2, 0) is 0 Å². The molecule has 1 atom stereocenters. The molecule has 0 fully saturated rings. The van der Waals surface area contributed by atoms with Gasteiger partial charge in [0.1, 0.15) is 17.7 Å². The van der Waals surface area contributed by atoms with E-state index in [1.165, 1.54) is 18.2 Å². The number of aromatic amines is 1. The molecule has 24 heavy (non-hydrogen) atoms. The Balaban J connectivity index is 1.95. The van der Waals surface area contributed by atoms with E-state index < -0.39 is 17.2 Å². The molecule has 2 N–H and O–H groups in total. The third-order valence-electron chi connectivity index (χ3n) is 4.22. The number of hydrogen-bond donors (Lipinski definition) is 2. The summed E-state index contributed by atoms with van der Waals surface area (Å²) in [6.07, 6.45) is 0. The lowest BCUT2D eigenvalue weighted by molar-refractivity contribution is 0.618. The minimum atomic E-state index is -0.611. The topological polar surface area (TPSA) is 81.6 Å². The molecule has 2 heterocycles. The highest BCUT2D eigenvalue weighted by molar-refractivity contribution is 5.97. The maximum absolute atomic E-state index is 13.9. The number of nitriles is 1. The molecule has 1 aromatic heterocycles. The first-order valence-corrected chi connectivity index (χ1v) is 7.23. The summed E-state index contributed by atoms with van der Waals surface area (Å²) in [5.41, 5.74) is 1.13. The first-order valence-electron chi connectivity index (χ1n) is 7.23. The van der Waals surface area contributed by atoms with Crippen molar-refractivity contribution >= 4 is 16.5 Å². The molecule has 7 heteroatoms. The van der Waals surface area contributed by atoms with Crippen molar-refractivity contribution in [3.8, 4) is 6.07 Å². The molecule has 118 valence electrons. The van der Waals surface area contributed by atoms with Gasteiger partial charge in [-0.25, -0.2) is 13.9 Å². The number of aromatic nitrogens is 2. The number of anilines is 1. The largest absolute Gasteiger partial charge is 0.383 e. The molecule has 3 aromatic rings. The zero-order chi connectivity index (χ0) is 16.8. The Labute approximate surface area is 134 Å². The van der Waals surface area contributed by atoms with Crippen LogP contribution in [0.15, 0.2) is 35.1 Å². The number of halogens is 2. The first-order chi connectivity index (χ1) is 11.6. The normalized spacial score (nSPS) is 15.8. The molecule has 0 saturated heterocycles. The van der Waals surface area contributed by atoms with Gasteiger partial charge in [0.15, 0.2) is 0 Å². The molecule has 0 amide bonds. The molecule has 0 radical (unpaired) electrons. The lowest BCUT2D eigenvalue weighted by Crippen LogP contribution is -2.24. The zero-order valence-electron chi connectivity index (χ0n) is 12.2. The summed E-state index contributed by atoms with van der Waals surface area (Å²) >= 11 is 0. The van der Waals surface area contributed by atoms with Crippen LogP contribution in [0.2, 0.25) is 0 Å². The van der Waals surface area contributed by atoms with Crippen LogP contribution in [0, 0.1) is 23.0 Å². The van der Waals surface area contributed by atoms with Gasteiger partial charge in [-0.2, -0.15) is 10.4 Å². The van der Waals surface area contributed by atoms with Gasteiger partial charge in [-0.15, -0.1) is 0 Å². The van der Waals surface area contributed by atoms with Crippen LogP contribution >= 0.6 is 0 Å². The van der Waals surface area contributed by atoms with Crippen molar-refractivity contribution < 1.29 is 8.78 Å². The zero-order valence-corrected chi connectivity index (χ0v) is 12.2. The smallest absolute Gasteiger partial charge is 0.272 e. The Morgan fingerprint density at radius 2 is 2.08 bits per heavy atom. The maximum Gasteiger partial charge on any atom is 0.272 e. The monoisotopic (exact) mass is 324 g/mol. The van der Waals surface area contributed by atoms with E-state index in [1.54, 1.807) is 12.1 Å². The molecular weight excluding hydrogens is 314 g/mol. The van der Waals surface area contributed by atoms with Gasteiger partial charge < -0.3 is 5.32 Å². The van der Waals surface area contributed by atoms with Crippen LogP contribution < -0.4 is 10.9 Å². The van der Waals surface area contributed by atoms with Crippen molar-refractivity contribution in [1.29, 1.82) is 5.26 Å². The van der Waals surface area contributed by atoms with Crippen LogP contribution in [0.3, 0.4) is 0 Å². The second-order valence-corrected chi connectivity index (χ2v) is 5.60. The van der Waals surface area contributed by atoms with E-state index in [9.17, 15) is 13.6 Å². The summed E-state index contributed by atoms with van der Waals surface area (Å²) in [5.74, 6) is -1.46. The Kier molecular flexibility index (Phi) is 3.06. The van der Waals surface area contributed by atoms with Crippen molar-refractivity contribution in [1.82, 2.24) is 10.2 Å². The molecule has 1 unspecified atom stereocenters. The third-order valence-corrected chi connectivity index (χ3v) is 4.22. The fraction of sp³-hybridized carbons (Fsp3) is 0.118. The lowest BCUT2D eigenvalue weighted by atomic mass is 9.88. The molecule has 1 aliphatic heterocycles. The molecular formula is C17H10F2N4O. The molecule has 0 saturated carbocycles. The summed E-state index contributed by atoms with van der Waals surface area (Å²) in [7, 11) is 0. The average Bonchev–Trinajstić information content (AvgIpc) is 2.57. The molecule has 0 aliphatic carbocycles. The molecule has 0 spiro atoms. The third kappa shape index (κ3) is 2.04. The van der Waals surface area contributed by atoms with Crippen molar-refractivity contribution in [2.75, 3.05) is 11.9 Å². The fourth-order valence-electron chi connectivity index (χ4n) is 3.10. The number of rotatable bonds is 1. The van der Waals surface area contributed by atoms with Gasteiger partial charge in [0, 0.05) is 23.5 Å². The highest BCUT2D eigenvalue weighted by Gasteiger charge is 2.27. The van der Waals surface area contributed by atoms with Crippen LogP contribution in [0.25, 0.3) is 10.8 Å². The molecule has 5 nitrogen and oxygen atoms in total. The summed E-state index contributed by atoms with van der Waals surface area (Å²) in [5, 5.41) is 19.1. The van der Waals surface area contributed by atoms with E-state index in [0.29, 0.717) is 28.9 Å². The maximum atomic E-state index is 13.9. The number of benzene rings is 2. The van der Waals surface area contributed by atoms with Crippen LogP contribution in [0.1, 0.15) is 22.7 Å². The Morgan fingerprint density at radius 1 is 1.25 bits per heavy atom. The molecule has 2 aromatic carbocycles. The van der Waals surface area contributed by atoms with E-state index >= 15 is 0 Å². The number of hydrogen-bond acceptors (Lipinski definition) is 4. The minimum absolute atomic E-state index is 0.0374. The Hall–Kier alpha value is -3.27. The Morgan fingerprint density at radius 3 is 2.83 bits per heavy atom. The van der Waals surface area contributed by atoms with Gasteiger partial charge in [-0.3, -0.25) is 4.79 Å². The Bertz CT molecular complexity index is 1080. The number of nitrogens with zero attached hydrogens (tertiary/aromatic N) is 2. The number of nitrogens with one attached hydrogen (secondary N) is 2. The minimum Gasteiger partial charge on any atom is -0.383 e. The predicted octanol–water partition coefficient (Wildman–Crippen LogP) is 2.63. The van der Waals surface area contributed by atoms with Crippen molar-refractivity contribution in [2.45, 2.75) is 5.92 Å². The van der Waals surface area contributed by atoms with Gasteiger partial charge in [0.05, 0.1) is 16.6 Å². The summed E-state index contributed by atoms with van der Waals surface area (Å²) in [4.78, 5) is 11.9. The first kappa shape index (κ1) is 14.3. The SMILES string of the molecule is N#Cc1ccc(C2CNc3cc(F)cc4c(=O)[nH]nc2c34)cc1F. The van der Waals surface area contributed by atoms with Crippen LogP contribution in [-0.4, -0.2) is 16.7 Å². The second-order valence-electron chi connectivity index (χ2n) is 5.60. The highest BCUT2D eigenvalue weighted by atomic mass is 19.1. The van der Waals surface area contributed by atoms with E-state index in [2.05, 4.69) is 15.5 Å². The van der Waals surface area contributed by atoms with Crippen molar-refractivity contribution in [3.63, 3.8) is 0 Å². The summed E-state index contributed by atoms with van der Waals surface area (Å²) in [6.45, 7) is 0.371. The predicted molar refractivity (Wildman–Crippen MR) is 83.8 cm³/mol. The van der Waals surface area contributed by atoms with E-state index in [-0.39, 0.29) is 16.9 Å². The van der Waals surface area contributed by atoms with Crippen LogP contribution in [0.5, 0.6) is 0 Å². The summed E-state index contributed by atoms with van der Waals surface area (Å²) in [6, 6.07) is 8.60. The van der Waals surface area contributed by atoms with Gasteiger partial charge in [0.25, 0.3) is 5.56 Å². The van der Waals surface area contributed by atoms with E-state index in [4.69, 9.17) is 5.26 Å². The van der Waals surface area contributed by atoms with E-state index in [0.717, 1.165) is 6.07 Å². The van der Waals surface area contributed by atoms with Gasteiger partial charge in [-0.1, -0.05) is 6.07 Å². The highest BCUT2D eigenvalue weighted by Crippen LogP contribution is 2.37. The summed E-state index contributed by atoms with van der Waals surface area (Å²) < 4.78 is 27.6. The lowest BCUT2D eigenvalue weighted by Gasteiger charge is -2.26. The second kappa shape index (κ2) is 5.13. The van der Waals surface area contributed by atoms with Crippen molar-refractivity contribution in [2.24, 2.45) is 0 Å². The van der Waals surface area contributed by atoms with E-state index in [1.807, 2.05) is 0 Å². The standard InChI is InChI=1S/C17H10F2N4O/c18-10-4-11-15-14(5-10)21-7-12(16(15)22-23-17(11)24)8-1-2-9(6-20)13(19)3-8/h1-5,12,21H,7H2,(H,23,24). The van der Waals surface area contributed by atoms with Crippen LogP contribution in [0.4, 0.5) is 14.5 Å². The fourth-order valence-corrected chi connectivity index (χ4v) is 3.10. The quantitative estimate of drug-likeness (QED) is 0.721. The number of H-pyrrole nitrogens is 1. The van der Waals surface area contributed by atoms with Gasteiger partial charge >= 0.3 is 0 Å². The van der Waals surface area contributed by atoms with Gasteiger partial charge in [-0.05, 0) is 29.8 Å². The van der Waals surface area contributed by atoms with Crippen molar-refractivity contribution in [3.05, 3.63) is 69.1 Å². The molecule has 0 bridgehead atoms. The molecule has 4 rings (SSSR count). The molecule has 1 aliphatic rings. The average molecular weight is 324 g/mol. The van der Waals surface area contributed by atoms with Gasteiger partial charge in [0.2, 0.25) is 0 Å².